The molecule has 0 bridgehead atoms. The summed E-state index contributed by atoms with van der Waals surface area (Å²) < 4.78 is 0. The lowest BCUT2D eigenvalue weighted by atomic mass is 10.0. The lowest BCUT2D eigenvalue weighted by Gasteiger charge is -2.30. The van der Waals surface area contributed by atoms with E-state index in [4.69, 9.17) is 10.3 Å². The molecule has 1 aliphatic heterocycles. The molecule has 5 heteroatoms. The summed E-state index contributed by atoms with van der Waals surface area (Å²) in [5.41, 5.74) is 1.89. The fraction of sp³-hybridized carbons (Fsp3) is 0.833. The van der Waals surface area contributed by atoms with E-state index in [0.717, 1.165) is 12.8 Å². The summed E-state index contributed by atoms with van der Waals surface area (Å²) in [4.78, 5) is 10.5. The molecule has 5 nitrogen and oxygen atoms in total. The number of piperidine rings is 1. The number of nitrogens with zero attached hydrogens (tertiary/aromatic N) is 1. The number of carboxylic acids is 1. The van der Waals surface area contributed by atoms with Crippen LogP contribution in [0.3, 0.4) is 0 Å². The molecule has 0 aromatic heterocycles. The third-order valence-electron chi connectivity index (χ3n) is 1.92. The van der Waals surface area contributed by atoms with Gasteiger partial charge in [0.05, 0.1) is 0 Å². The second-order valence-corrected chi connectivity index (χ2v) is 2.64. The Morgan fingerprint density at radius 2 is 2.27 bits per heavy atom. The Bertz CT molecular complexity index is 151. The lowest BCUT2D eigenvalue weighted by molar-refractivity contribution is -0.153. The lowest BCUT2D eigenvalue weighted by Crippen LogP contribution is -2.50. The molecule has 0 unspecified atom stereocenters. The monoisotopic (exact) mass is 160 g/mol. The van der Waals surface area contributed by atoms with Crippen molar-refractivity contribution in [2.75, 3.05) is 6.54 Å². The van der Waals surface area contributed by atoms with Gasteiger partial charge in [0.15, 0.2) is 0 Å². The third kappa shape index (κ3) is 1.89. The van der Waals surface area contributed by atoms with E-state index in [-0.39, 0.29) is 0 Å². The Morgan fingerprint density at radius 1 is 1.55 bits per heavy atom. The van der Waals surface area contributed by atoms with Crippen molar-refractivity contribution >= 4 is 5.97 Å². The Kier molecular flexibility index (Phi) is 2.81. The highest BCUT2D eigenvalue weighted by molar-refractivity contribution is 5.73. The zero-order valence-electron chi connectivity index (χ0n) is 6.16. The molecular formula is C6H12N2O3. The maximum absolute atomic E-state index is 10.5. The van der Waals surface area contributed by atoms with Gasteiger partial charge in [0, 0.05) is 6.54 Å². The van der Waals surface area contributed by atoms with Gasteiger partial charge >= 0.3 is 5.97 Å². The van der Waals surface area contributed by atoms with Crippen LogP contribution in [0, 0.1) is 0 Å². The number of hydrogen-bond donors (Lipinski definition) is 3. The smallest absolute Gasteiger partial charge is 0.322 e. The van der Waals surface area contributed by atoms with Crippen molar-refractivity contribution in [3.63, 3.8) is 0 Å². The molecule has 1 saturated heterocycles. The summed E-state index contributed by atoms with van der Waals surface area (Å²) in [7, 11) is 0. The standard InChI is InChI=1S/C6H12N2O3/c9-6(10)5-3-1-2-4-8(5)7-11/h5,7,11H,1-4H2,(H,9,10)/t5-/m0/s1. The summed E-state index contributed by atoms with van der Waals surface area (Å²) in [6.07, 6.45) is 2.44. The zero-order valence-corrected chi connectivity index (χ0v) is 6.16. The molecule has 0 saturated carbocycles. The molecule has 0 spiro atoms. The molecule has 0 aromatic rings. The van der Waals surface area contributed by atoms with Gasteiger partial charge in [0.1, 0.15) is 6.04 Å². The van der Waals surface area contributed by atoms with Gasteiger partial charge in [-0.05, 0) is 19.3 Å². The third-order valence-corrected chi connectivity index (χ3v) is 1.92. The van der Waals surface area contributed by atoms with Gasteiger partial charge in [-0.3, -0.25) is 4.79 Å². The molecule has 1 rings (SSSR count). The van der Waals surface area contributed by atoms with E-state index in [2.05, 4.69) is 0 Å². The van der Waals surface area contributed by atoms with E-state index >= 15 is 0 Å². The zero-order chi connectivity index (χ0) is 8.27. The summed E-state index contributed by atoms with van der Waals surface area (Å²) in [5.74, 6) is -0.883. The molecule has 11 heavy (non-hydrogen) atoms. The van der Waals surface area contributed by atoms with Crippen LogP contribution in [-0.2, 0) is 4.79 Å². The number of nitrogens with one attached hydrogen (secondary N) is 1. The van der Waals surface area contributed by atoms with Gasteiger partial charge < -0.3 is 10.3 Å². The Balaban J connectivity index is 2.51. The SMILES string of the molecule is O=C(O)[C@@H]1CCCCN1NO. The van der Waals surface area contributed by atoms with Gasteiger partial charge in [-0.25, -0.2) is 5.01 Å². The molecule has 3 N–H and O–H groups in total. The van der Waals surface area contributed by atoms with E-state index in [0.29, 0.717) is 13.0 Å². The van der Waals surface area contributed by atoms with Crippen LogP contribution >= 0.6 is 0 Å². The number of hydrogen-bond acceptors (Lipinski definition) is 4. The van der Waals surface area contributed by atoms with Crippen LogP contribution in [0.1, 0.15) is 19.3 Å². The van der Waals surface area contributed by atoms with E-state index < -0.39 is 12.0 Å². The van der Waals surface area contributed by atoms with Crippen LogP contribution in [0.5, 0.6) is 0 Å². The number of carbonyl (C=O) groups is 1. The molecule has 1 atom stereocenters. The summed E-state index contributed by atoms with van der Waals surface area (Å²) in [6, 6.07) is -0.575. The highest BCUT2D eigenvalue weighted by Crippen LogP contribution is 2.14. The van der Waals surface area contributed by atoms with Gasteiger partial charge in [-0.15, -0.1) is 5.59 Å². The van der Waals surface area contributed by atoms with Gasteiger partial charge in [-0.1, -0.05) is 0 Å². The fourth-order valence-corrected chi connectivity index (χ4v) is 1.31. The summed E-state index contributed by atoms with van der Waals surface area (Å²) >= 11 is 0. The van der Waals surface area contributed by atoms with E-state index in [1.54, 1.807) is 0 Å². The molecular weight excluding hydrogens is 148 g/mol. The topological polar surface area (TPSA) is 72.8 Å². The molecule has 64 valence electrons. The molecule has 0 amide bonds. The Morgan fingerprint density at radius 3 is 2.73 bits per heavy atom. The largest absolute Gasteiger partial charge is 0.480 e. The first-order valence-corrected chi connectivity index (χ1v) is 3.65. The molecule has 1 aliphatic rings. The number of aliphatic carboxylic acids is 1. The molecule has 1 heterocycles. The van der Waals surface area contributed by atoms with Crippen LogP contribution in [0.25, 0.3) is 0 Å². The first kappa shape index (κ1) is 8.45. The Hall–Kier alpha value is -0.650. The van der Waals surface area contributed by atoms with Gasteiger partial charge in [-0.2, -0.15) is 0 Å². The maximum Gasteiger partial charge on any atom is 0.322 e. The van der Waals surface area contributed by atoms with Gasteiger partial charge in [0.2, 0.25) is 0 Å². The van der Waals surface area contributed by atoms with Crippen LogP contribution in [0.4, 0.5) is 0 Å². The predicted molar refractivity (Wildman–Crippen MR) is 36.9 cm³/mol. The van der Waals surface area contributed by atoms with E-state index in [9.17, 15) is 4.79 Å². The molecule has 0 aromatic carbocycles. The van der Waals surface area contributed by atoms with E-state index in [1.807, 2.05) is 5.59 Å². The highest BCUT2D eigenvalue weighted by Gasteiger charge is 2.27. The maximum atomic E-state index is 10.5. The van der Waals surface area contributed by atoms with Crippen molar-refractivity contribution < 1.29 is 15.1 Å². The number of hydrazine groups is 1. The van der Waals surface area contributed by atoms with Crippen LogP contribution < -0.4 is 5.59 Å². The summed E-state index contributed by atoms with van der Waals surface area (Å²) in [5, 5.41) is 18.5. The van der Waals surface area contributed by atoms with Crippen molar-refractivity contribution in [2.24, 2.45) is 0 Å². The minimum absolute atomic E-state index is 0.575. The van der Waals surface area contributed by atoms with E-state index in [1.165, 1.54) is 5.01 Å². The predicted octanol–water partition coefficient (Wildman–Crippen LogP) is -0.181. The normalized spacial score (nSPS) is 26.8. The van der Waals surface area contributed by atoms with Crippen molar-refractivity contribution in [1.29, 1.82) is 0 Å². The number of rotatable bonds is 2. The van der Waals surface area contributed by atoms with Crippen molar-refractivity contribution in [2.45, 2.75) is 25.3 Å². The summed E-state index contributed by atoms with van der Waals surface area (Å²) in [6.45, 7) is 0.591. The average molecular weight is 160 g/mol. The first-order valence-electron chi connectivity index (χ1n) is 3.65. The highest BCUT2D eigenvalue weighted by atomic mass is 16.5. The van der Waals surface area contributed by atoms with Crippen LogP contribution in [0.2, 0.25) is 0 Å². The number of carboxylic acid groups (broad SMARTS) is 1. The van der Waals surface area contributed by atoms with Crippen LogP contribution in [-0.4, -0.2) is 33.9 Å². The van der Waals surface area contributed by atoms with Gasteiger partial charge in [0.25, 0.3) is 0 Å². The Labute approximate surface area is 64.5 Å². The molecule has 0 radical (unpaired) electrons. The molecule has 0 aliphatic carbocycles. The fourth-order valence-electron chi connectivity index (χ4n) is 1.31. The average Bonchev–Trinajstić information content (AvgIpc) is 2.04. The molecule has 1 fully saturated rings. The van der Waals surface area contributed by atoms with Crippen molar-refractivity contribution in [3.05, 3.63) is 0 Å². The minimum Gasteiger partial charge on any atom is -0.480 e. The first-order chi connectivity index (χ1) is 5.25. The van der Waals surface area contributed by atoms with Crippen molar-refractivity contribution in [1.82, 2.24) is 10.6 Å². The van der Waals surface area contributed by atoms with Crippen molar-refractivity contribution in [3.8, 4) is 0 Å². The van der Waals surface area contributed by atoms with Crippen LogP contribution in [0.15, 0.2) is 0 Å². The second-order valence-electron chi connectivity index (χ2n) is 2.64. The quantitative estimate of drug-likeness (QED) is 0.489. The second kappa shape index (κ2) is 3.66. The minimum atomic E-state index is -0.883.